The van der Waals surface area contributed by atoms with E-state index in [1.54, 1.807) is 0 Å². The maximum Gasteiger partial charge on any atom is 0.0235 e. The maximum absolute atomic E-state index is 3.51. The molecule has 0 radical (unpaired) electrons. The molecule has 2 heterocycles. The van der Waals surface area contributed by atoms with Gasteiger partial charge in [-0.25, -0.2) is 0 Å². The van der Waals surface area contributed by atoms with E-state index in [0.29, 0.717) is 0 Å². The third-order valence-electron chi connectivity index (χ3n) is 4.73. The Balaban J connectivity index is 1.88. The molecule has 3 nitrogen and oxygen atoms in total. The van der Waals surface area contributed by atoms with Crippen LogP contribution in [0.4, 0.5) is 0 Å². The van der Waals surface area contributed by atoms with Crippen molar-refractivity contribution in [2.45, 2.75) is 45.7 Å². The molecule has 0 aromatic carbocycles. The topological polar surface area (TPSA) is 18.5 Å². The molecule has 2 aliphatic rings. The Kier molecular flexibility index (Phi) is 4.83. The predicted molar refractivity (Wildman–Crippen MR) is 73.3 cm³/mol. The van der Waals surface area contributed by atoms with Gasteiger partial charge in [0, 0.05) is 25.2 Å². The zero-order valence-electron chi connectivity index (χ0n) is 11.8. The number of hydrogen-bond acceptors (Lipinski definition) is 3. The van der Waals surface area contributed by atoms with E-state index in [0.717, 1.165) is 18.0 Å². The monoisotopic (exact) mass is 239 g/mol. The van der Waals surface area contributed by atoms with Crippen LogP contribution < -0.4 is 5.32 Å². The number of nitrogens with one attached hydrogen (secondary N) is 1. The van der Waals surface area contributed by atoms with E-state index < -0.39 is 0 Å². The van der Waals surface area contributed by atoms with Crippen molar-refractivity contribution in [1.29, 1.82) is 0 Å². The van der Waals surface area contributed by atoms with E-state index in [1.165, 1.54) is 52.1 Å². The summed E-state index contributed by atoms with van der Waals surface area (Å²) in [6.45, 7) is 14.4. The molecule has 0 amide bonds. The van der Waals surface area contributed by atoms with Crippen molar-refractivity contribution in [2.75, 3.05) is 39.3 Å². The lowest BCUT2D eigenvalue weighted by molar-refractivity contribution is 0.131. The molecule has 0 bridgehead atoms. The fourth-order valence-electron chi connectivity index (χ4n) is 3.65. The van der Waals surface area contributed by atoms with Crippen molar-refractivity contribution >= 4 is 0 Å². The second-order valence-corrected chi connectivity index (χ2v) is 5.70. The van der Waals surface area contributed by atoms with E-state index in [9.17, 15) is 0 Å². The Hall–Kier alpha value is -0.120. The third kappa shape index (κ3) is 3.01. The smallest absolute Gasteiger partial charge is 0.0235 e. The highest BCUT2D eigenvalue weighted by Crippen LogP contribution is 2.24. The van der Waals surface area contributed by atoms with E-state index in [1.807, 2.05) is 0 Å². The average Bonchev–Trinajstić information content (AvgIpc) is 2.81. The van der Waals surface area contributed by atoms with Gasteiger partial charge in [0.05, 0.1) is 0 Å². The molecule has 100 valence electrons. The standard InChI is InChI=1S/C14H29N3/c1-4-16(5-2)13-7-9-17(11-13)14-6-8-15-10-12(14)3/h12-15H,4-11H2,1-3H3. The molecule has 1 N–H and O–H groups in total. The molecule has 0 aliphatic carbocycles. The number of nitrogens with zero attached hydrogens (tertiary/aromatic N) is 2. The predicted octanol–water partition coefficient (Wildman–Crippen LogP) is 1.40. The SMILES string of the molecule is CCN(CC)C1CCN(C2CCNCC2C)C1. The molecule has 2 aliphatic heterocycles. The van der Waals surface area contributed by atoms with E-state index in [2.05, 4.69) is 35.9 Å². The number of piperidine rings is 1. The highest BCUT2D eigenvalue weighted by atomic mass is 15.3. The number of hydrogen-bond donors (Lipinski definition) is 1. The largest absolute Gasteiger partial charge is 0.316 e. The molecule has 2 saturated heterocycles. The maximum atomic E-state index is 3.51. The normalized spacial score (nSPS) is 35.6. The number of likely N-dealkylation sites (tertiary alicyclic amines) is 1. The lowest BCUT2D eigenvalue weighted by Gasteiger charge is -2.37. The van der Waals surface area contributed by atoms with Crippen LogP contribution in [0.3, 0.4) is 0 Å². The Bertz CT molecular complexity index is 228. The van der Waals surface area contributed by atoms with Crippen LogP contribution in [0.15, 0.2) is 0 Å². The van der Waals surface area contributed by atoms with Gasteiger partial charge >= 0.3 is 0 Å². The van der Waals surface area contributed by atoms with Gasteiger partial charge in [-0.05, 0) is 44.9 Å². The van der Waals surface area contributed by atoms with Crippen molar-refractivity contribution in [1.82, 2.24) is 15.1 Å². The fourth-order valence-corrected chi connectivity index (χ4v) is 3.65. The van der Waals surface area contributed by atoms with Crippen LogP contribution in [0.1, 0.15) is 33.6 Å². The fraction of sp³-hybridized carbons (Fsp3) is 1.00. The molecule has 0 aromatic rings. The molecule has 0 aromatic heterocycles. The van der Waals surface area contributed by atoms with Crippen molar-refractivity contribution in [3.05, 3.63) is 0 Å². The van der Waals surface area contributed by atoms with Crippen LogP contribution in [0.2, 0.25) is 0 Å². The third-order valence-corrected chi connectivity index (χ3v) is 4.73. The summed E-state index contributed by atoms with van der Waals surface area (Å²) < 4.78 is 0. The molecule has 3 atom stereocenters. The molecular formula is C14H29N3. The van der Waals surface area contributed by atoms with Crippen LogP contribution in [0, 0.1) is 5.92 Å². The second-order valence-electron chi connectivity index (χ2n) is 5.70. The van der Waals surface area contributed by atoms with Crippen LogP contribution >= 0.6 is 0 Å². The summed E-state index contributed by atoms with van der Waals surface area (Å²) >= 11 is 0. The number of likely N-dealkylation sites (N-methyl/N-ethyl adjacent to an activating group) is 1. The molecule has 2 rings (SSSR count). The Labute approximate surface area is 107 Å². The van der Waals surface area contributed by atoms with Crippen molar-refractivity contribution < 1.29 is 0 Å². The van der Waals surface area contributed by atoms with Crippen molar-refractivity contribution in [3.8, 4) is 0 Å². The second kappa shape index (κ2) is 6.17. The Morgan fingerprint density at radius 1 is 1.24 bits per heavy atom. The first kappa shape index (κ1) is 13.3. The highest BCUT2D eigenvalue weighted by Gasteiger charge is 2.33. The molecular weight excluding hydrogens is 210 g/mol. The molecule has 17 heavy (non-hydrogen) atoms. The first-order chi connectivity index (χ1) is 8.26. The van der Waals surface area contributed by atoms with Gasteiger partial charge in [0.2, 0.25) is 0 Å². The van der Waals surface area contributed by atoms with Gasteiger partial charge in [0.15, 0.2) is 0 Å². The van der Waals surface area contributed by atoms with E-state index in [4.69, 9.17) is 0 Å². The molecule has 2 fully saturated rings. The summed E-state index contributed by atoms with van der Waals surface area (Å²) in [5.74, 6) is 0.819. The van der Waals surface area contributed by atoms with Gasteiger partial charge < -0.3 is 5.32 Å². The molecule has 0 spiro atoms. The summed E-state index contributed by atoms with van der Waals surface area (Å²) in [5, 5.41) is 3.51. The van der Waals surface area contributed by atoms with Gasteiger partial charge in [0.1, 0.15) is 0 Å². The van der Waals surface area contributed by atoms with Gasteiger partial charge in [0.25, 0.3) is 0 Å². The highest BCUT2D eigenvalue weighted by molar-refractivity contribution is 4.90. The van der Waals surface area contributed by atoms with Gasteiger partial charge in [-0.15, -0.1) is 0 Å². The van der Waals surface area contributed by atoms with Crippen LogP contribution in [0.5, 0.6) is 0 Å². The van der Waals surface area contributed by atoms with Crippen LogP contribution in [0.25, 0.3) is 0 Å². The zero-order valence-corrected chi connectivity index (χ0v) is 11.8. The Morgan fingerprint density at radius 2 is 2.00 bits per heavy atom. The quantitative estimate of drug-likeness (QED) is 0.800. The first-order valence-electron chi connectivity index (χ1n) is 7.45. The minimum atomic E-state index is 0.812. The van der Waals surface area contributed by atoms with Crippen LogP contribution in [-0.2, 0) is 0 Å². The minimum absolute atomic E-state index is 0.812. The zero-order chi connectivity index (χ0) is 12.3. The van der Waals surface area contributed by atoms with E-state index >= 15 is 0 Å². The number of rotatable bonds is 4. The van der Waals surface area contributed by atoms with Gasteiger partial charge in [-0.1, -0.05) is 20.8 Å². The van der Waals surface area contributed by atoms with Crippen molar-refractivity contribution in [3.63, 3.8) is 0 Å². The molecule has 3 heteroatoms. The first-order valence-corrected chi connectivity index (χ1v) is 7.45. The molecule has 3 unspecified atom stereocenters. The van der Waals surface area contributed by atoms with Gasteiger partial charge in [-0.2, -0.15) is 0 Å². The minimum Gasteiger partial charge on any atom is -0.316 e. The van der Waals surface area contributed by atoms with E-state index in [-0.39, 0.29) is 0 Å². The molecule has 0 saturated carbocycles. The summed E-state index contributed by atoms with van der Waals surface area (Å²) in [7, 11) is 0. The summed E-state index contributed by atoms with van der Waals surface area (Å²) in [5.41, 5.74) is 0. The lowest BCUT2D eigenvalue weighted by atomic mass is 9.94. The summed E-state index contributed by atoms with van der Waals surface area (Å²) in [4.78, 5) is 5.39. The summed E-state index contributed by atoms with van der Waals surface area (Å²) in [6, 6.07) is 1.64. The summed E-state index contributed by atoms with van der Waals surface area (Å²) in [6.07, 6.45) is 2.71. The van der Waals surface area contributed by atoms with Gasteiger partial charge in [-0.3, -0.25) is 9.80 Å². The van der Waals surface area contributed by atoms with Crippen molar-refractivity contribution in [2.24, 2.45) is 5.92 Å². The van der Waals surface area contributed by atoms with Crippen LogP contribution in [-0.4, -0.2) is 61.2 Å². The average molecular weight is 239 g/mol. The lowest BCUT2D eigenvalue weighted by Crippen LogP contribution is -2.48. The Morgan fingerprint density at radius 3 is 2.65 bits per heavy atom.